The average molecular weight is 269 g/mol. The maximum atomic E-state index is 11.8. The van der Waals surface area contributed by atoms with E-state index in [-0.39, 0.29) is 18.5 Å². The zero-order valence-corrected chi connectivity index (χ0v) is 11.4. The van der Waals surface area contributed by atoms with Gasteiger partial charge in [0.05, 0.1) is 6.42 Å². The summed E-state index contributed by atoms with van der Waals surface area (Å²) in [6.07, 6.45) is 4.33. The van der Waals surface area contributed by atoms with Crippen LogP contribution >= 0.6 is 0 Å². The molecule has 1 aliphatic carbocycles. The molecule has 6 heteroatoms. The molecule has 1 heterocycles. The van der Waals surface area contributed by atoms with Crippen molar-refractivity contribution in [1.29, 1.82) is 0 Å². The first-order chi connectivity index (χ1) is 9.06. The van der Waals surface area contributed by atoms with Crippen LogP contribution in [0, 0.1) is 5.92 Å². The Morgan fingerprint density at radius 2 is 2.11 bits per heavy atom. The third-order valence-corrected chi connectivity index (χ3v) is 4.07. The fourth-order valence-electron chi connectivity index (χ4n) is 2.69. The molecule has 0 bridgehead atoms. The summed E-state index contributed by atoms with van der Waals surface area (Å²) in [6, 6.07) is -0.0538. The normalized spacial score (nSPS) is 25.0. The maximum Gasteiger partial charge on any atom is 0.315 e. The molecule has 2 amide bonds. The smallest absolute Gasteiger partial charge is 0.315 e. The number of nitrogens with one attached hydrogen (secondary N) is 2. The number of hydrogen-bond donors (Lipinski definition) is 3. The van der Waals surface area contributed by atoms with Crippen LogP contribution in [0.25, 0.3) is 0 Å². The Hall–Kier alpha value is -1.30. The lowest BCUT2D eigenvalue weighted by Gasteiger charge is -2.21. The van der Waals surface area contributed by atoms with Crippen molar-refractivity contribution in [3.63, 3.8) is 0 Å². The molecule has 3 N–H and O–H groups in total. The van der Waals surface area contributed by atoms with Crippen LogP contribution in [0.3, 0.4) is 0 Å². The first-order valence-corrected chi connectivity index (χ1v) is 7.02. The number of likely N-dealkylation sites (tertiary alicyclic amines) is 1. The molecular formula is C13H23N3O3. The molecule has 0 aromatic carbocycles. The monoisotopic (exact) mass is 269 g/mol. The molecule has 19 heavy (non-hydrogen) atoms. The van der Waals surface area contributed by atoms with E-state index in [0.717, 1.165) is 25.8 Å². The maximum absolute atomic E-state index is 11.8. The van der Waals surface area contributed by atoms with Crippen molar-refractivity contribution in [3.8, 4) is 0 Å². The number of carboxylic acid groups (broad SMARTS) is 1. The van der Waals surface area contributed by atoms with Crippen molar-refractivity contribution in [1.82, 2.24) is 15.5 Å². The zero-order valence-electron chi connectivity index (χ0n) is 11.4. The lowest BCUT2D eigenvalue weighted by Crippen LogP contribution is -2.47. The predicted octanol–water partition coefficient (Wildman–Crippen LogP) is 0.633. The Bertz CT molecular complexity index is 344. The number of carbonyl (C=O) groups excluding carboxylic acids is 1. The van der Waals surface area contributed by atoms with E-state index in [0.29, 0.717) is 18.5 Å². The van der Waals surface area contributed by atoms with Crippen LogP contribution in [-0.4, -0.2) is 54.2 Å². The lowest BCUT2D eigenvalue weighted by atomic mass is 10.1. The highest BCUT2D eigenvalue weighted by molar-refractivity contribution is 5.75. The van der Waals surface area contributed by atoms with Crippen molar-refractivity contribution in [3.05, 3.63) is 0 Å². The Kier molecular flexibility index (Phi) is 4.63. The minimum atomic E-state index is -0.854. The molecule has 2 fully saturated rings. The van der Waals surface area contributed by atoms with Gasteiger partial charge in [-0.2, -0.15) is 0 Å². The molecule has 0 spiro atoms. The summed E-state index contributed by atoms with van der Waals surface area (Å²) >= 11 is 0. The summed E-state index contributed by atoms with van der Waals surface area (Å²) in [4.78, 5) is 24.8. The molecule has 6 nitrogen and oxygen atoms in total. The van der Waals surface area contributed by atoms with Crippen molar-refractivity contribution in [2.24, 2.45) is 5.92 Å². The molecule has 0 aromatic rings. The summed E-state index contributed by atoms with van der Waals surface area (Å²) in [5.74, 6) is -0.510. The largest absolute Gasteiger partial charge is 0.481 e. The van der Waals surface area contributed by atoms with Gasteiger partial charge in [0, 0.05) is 18.6 Å². The van der Waals surface area contributed by atoms with Crippen LogP contribution < -0.4 is 10.6 Å². The van der Waals surface area contributed by atoms with Gasteiger partial charge in [0.2, 0.25) is 0 Å². The number of urea groups is 1. The van der Waals surface area contributed by atoms with Gasteiger partial charge in [0.25, 0.3) is 0 Å². The minimum absolute atomic E-state index is 0.0153. The van der Waals surface area contributed by atoms with E-state index in [2.05, 4.69) is 22.6 Å². The number of carboxylic acids is 1. The van der Waals surface area contributed by atoms with E-state index in [1.165, 1.54) is 6.42 Å². The Morgan fingerprint density at radius 1 is 1.37 bits per heavy atom. The number of carbonyl (C=O) groups is 2. The molecule has 2 aliphatic rings. The van der Waals surface area contributed by atoms with Crippen molar-refractivity contribution in [2.45, 2.75) is 44.2 Å². The fraction of sp³-hybridized carbons (Fsp3) is 0.846. The second-order valence-corrected chi connectivity index (χ2v) is 5.67. The number of aliphatic carboxylic acids is 1. The molecule has 108 valence electrons. The van der Waals surface area contributed by atoms with Crippen LogP contribution in [0.4, 0.5) is 4.79 Å². The Labute approximate surface area is 113 Å². The second-order valence-electron chi connectivity index (χ2n) is 5.67. The summed E-state index contributed by atoms with van der Waals surface area (Å²) in [7, 11) is 2.06. The number of likely N-dealkylation sites (N-methyl/N-ethyl adjacent to an activating group) is 1. The molecule has 2 unspecified atom stereocenters. The molecule has 2 atom stereocenters. The summed E-state index contributed by atoms with van der Waals surface area (Å²) in [5, 5.41) is 14.5. The molecule has 1 aliphatic heterocycles. The number of amides is 2. The predicted molar refractivity (Wildman–Crippen MR) is 71.0 cm³/mol. The van der Waals surface area contributed by atoms with Gasteiger partial charge >= 0.3 is 12.0 Å². The van der Waals surface area contributed by atoms with Gasteiger partial charge in [-0.25, -0.2) is 4.79 Å². The number of rotatable bonds is 6. The number of hydrogen-bond acceptors (Lipinski definition) is 3. The van der Waals surface area contributed by atoms with Gasteiger partial charge in [-0.1, -0.05) is 0 Å². The highest BCUT2D eigenvalue weighted by atomic mass is 16.4. The highest BCUT2D eigenvalue weighted by Gasteiger charge is 2.33. The Balaban J connectivity index is 1.71. The summed E-state index contributed by atoms with van der Waals surface area (Å²) in [6.45, 7) is 1.71. The van der Waals surface area contributed by atoms with Gasteiger partial charge in [-0.15, -0.1) is 0 Å². The molecule has 1 saturated heterocycles. The molecule has 1 saturated carbocycles. The quantitative estimate of drug-likeness (QED) is 0.660. The van der Waals surface area contributed by atoms with Crippen LogP contribution in [0.5, 0.6) is 0 Å². The first-order valence-electron chi connectivity index (χ1n) is 7.02. The van der Waals surface area contributed by atoms with Gasteiger partial charge in [0.1, 0.15) is 0 Å². The summed E-state index contributed by atoms with van der Waals surface area (Å²) < 4.78 is 0. The molecule has 2 rings (SSSR count). The van der Waals surface area contributed by atoms with Crippen molar-refractivity contribution >= 4 is 12.0 Å². The van der Waals surface area contributed by atoms with Gasteiger partial charge in [-0.05, 0) is 45.2 Å². The van der Waals surface area contributed by atoms with Gasteiger partial charge in [0.15, 0.2) is 0 Å². The van der Waals surface area contributed by atoms with Gasteiger partial charge in [-0.3, -0.25) is 4.79 Å². The van der Waals surface area contributed by atoms with Crippen LogP contribution in [0.15, 0.2) is 0 Å². The highest BCUT2D eigenvalue weighted by Crippen LogP contribution is 2.33. The van der Waals surface area contributed by atoms with Gasteiger partial charge < -0.3 is 20.6 Å². The molecule has 0 radical (unpaired) electrons. The lowest BCUT2D eigenvalue weighted by molar-refractivity contribution is -0.137. The molecular weight excluding hydrogens is 246 g/mol. The van der Waals surface area contributed by atoms with E-state index in [1.807, 2.05) is 0 Å². The average Bonchev–Trinajstić information content (AvgIpc) is 3.10. The third kappa shape index (κ3) is 4.38. The summed E-state index contributed by atoms with van der Waals surface area (Å²) in [5.41, 5.74) is 0. The standard InChI is InChI=1S/C13H23N3O3/c1-16-6-2-3-10(16)8-14-13(19)15-11(7-12(17)18)9-4-5-9/h9-11H,2-8H2,1H3,(H,17,18)(H2,14,15,19). The van der Waals surface area contributed by atoms with E-state index in [9.17, 15) is 9.59 Å². The third-order valence-electron chi connectivity index (χ3n) is 4.07. The molecule has 0 aromatic heterocycles. The van der Waals surface area contributed by atoms with E-state index in [1.54, 1.807) is 0 Å². The first kappa shape index (κ1) is 14.1. The topological polar surface area (TPSA) is 81.7 Å². The Morgan fingerprint density at radius 3 is 2.63 bits per heavy atom. The zero-order chi connectivity index (χ0) is 13.8. The van der Waals surface area contributed by atoms with Crippen molar-refractivity contribution < 1.29 is 14.7 Å². The minimum Gasteiger partial charge on any atom is -0.481 e. The van der Waals surface area contributed by atoms with E-state index < -0.39 is 5.97 Å². The fourth-order valence-corrected chi connectivity index (χ4v) is 2.69. The van der Waals surface area contributed by atoms with Crippen LogP contribution in [-0.2, 0) is 4.79 Å². The SMILES string of the molecule is CN1CCCC1CNC(=O)NC(CC(=O)O)C1CC1. The van der Waals surface area contributed by atoms with E-state index in [4.69, 9.17) is 5.11 Å². The van der Waals surface area contributed by atoms with Crippen LogP contribution in [0.2, 0.25) is 0 Å². The second kappa shape index (κ2) is 6.23. The number of nitrogens with zero attached hydrogens (tertiary/aromatic N) is 1. The van der Waals surface area contributed by atoms with Crippen molar-refractivity contribution in [2.75, 3.05) is 20.1 Å². The van der Waals surface area contributed by atoms with Crippen LogP contribution in [0.1, 0.15) is 32.1 Å². The van der Waals surface area contributed by atoms with E-state index >= 15 is 0 Å².